The number of anilines is 2. The van der Waals surface area contributed by atoms with Gasteiger partial charge in [0.05, 0.1) is 54.6 Å². The van der Waals surface area contributed by atoms with Crippen LogP contribution in [0.2, 0.25) is 0 Å². The third-order valence-electron chi connectivity index (χ3n) is 13.6. The number of likely N-dealkylation sites (tertiary alicyclic amines) is 1. The van der Waals surface area contributed by atoms with E-state index in [4.69, 9.17) is 19.6 Å². The number of nitrogens with zero attached hydrogens (tertiary/aromatic N) is 4. The van der Waals surface area contributed by atoms with Crippen LogP contribution in [-0.4, -0.2) is 132 Å². The highest BCUT2D eigenvalue weighted by Crippen LogP contribution is 2.40. The van der Waals surface area contributed by atoms with Gasteiger partial charge in [0.15, 0.2) is 23.1 Å². The van der Waals surface area contributed by atoms with Crippen molar-refractivity contribution < 1.29 is 50.8 Å². The first-order chi connectivity index (χ1) is 32.9. The lowest BCUT2D eigenvalue weighted by molar-refractivity contribution is -0.138. The maximum absolute atomic E-state index is 16.0. The lowest BCUT2D eigenvalue weighted by Crippen LogP contribution is -2.61. The fourth-order valence-corrected chi connectivity index (χ4v) is 10.5. The summed E-state index contributed by atoms with van der Waals surface area (Å²) in [5, 5.41) is 14.0. The molecule has 0 aromatic heterocycles. The predicted molar refractivity (Wildman–Crippen MR) is 255 cm³/mol. The SMILES string of the molecule is CCOc1cc(C(CS(C)=O)N2C(=O)c3ccc(N4CCN(C5CCN(Cc6ccc(Oc7cc(NC)c(C(=N)C8(C)CCC(=O)NC8=O)cc7F)cc6)CC5(F)F)CC4)cc3C2=O)ccc1OC. The number of rotatable bonds is 16. The molecule has 366 valence electrons. The number of nitrogens with one attached hydrogen (secondary N) is 3. The van der Waals surface area contributed by atoms with E-state index in [1.54, 1.807) is 79.5 Å². The Morgan fingerprint density at radius 1 is 0.928 bits per heavy atom. The van der Waals surface area contributed by atoms with Crippen molar-refractivity contribution in [3.05, 3.63) is 106 Å². The van der Waals surface area contributed by atoms with E-state index >= 15 is 13.2 Å². The van der Waals surface area contributed by atoms with Gasteiger partial charge in [-0.2, -0.15) is 0 Å². The molecule has 4 amide bonds. The second-order valence-corrected chi connectivity index (χ2v) is 19.5. The number of piperidine rings is 2. The maximum atomic E-state index is 16.0. The first kappa shape index (κ1) is 49.1. The van der Waals surface area contributed by atoms with Crippen LogP contribution in [0.15, 0.2) is 72.8 Å². The minimum absolute atomic E-state index is 0.0239. The fourth-order valence-electron chi connectivity index (χ4n) is 9.75. The topological polar surface area (TPSA) is 174 Å². The molecule has 0 radical (unpaired) electrons. The van der Waals surface area contributed by atoms with Crippen molar-refractivity contribution in [1.82, 2.24) is 20.0 Å². The van der Waals surface area contributed by atoms with Crippen LogP contribution >= 0.6 is 0 Å². The third-order valence-corrected chi connectivity index (χ3v) is 14.4. The molecule has 4 atom stereocenters. The molecule has 4 aromatic carbocycles. The lowest BCUT2D eigenvalue weighted by Gasteiger charge is -2.46. The Labute approximate surface area is 401 Å². The summed E-state index contributed by atoms with van der Waals surface area (Å²) in [5.74, 6) is -4.63. The van der Waals surface area contributed by atoms with Crippen LogP contribution in [0.4, 0.5) is 24.5 Å². The molecule has 8 rings (SSSR count). The predicted octanol–water partition coefficient (Wildman–Crippen LogP) is 6.63. The summed E-state index contributed by atoms with van der Waals surface area (Å²) >= 11 is 0. The summed E-state index contributed by atoms with van der Waals surface area (Å²) in [6.45, 7) is 5.66. The first-order valence-corrected chi connectivity index (χ1v) is 24.6. The molecule has 4 unspecified atom stereocenters. The van der Waals surface area contributed by atoms with Gasteiger partial charge in [-0.15, -0.1) is 0 Å². The van der Waals surface area contributed by atoms with Gasteiger partial charge >= 0.3 is 0 Å². The number of hydrogen-bond donors (Lipinski definition) is 3. The van der Waals surface area contributed by atoms with Gasteiger partial charge in [0.2, 0.25) is 11.8 Å². The smallest absolute Gasteiger partial charge is 0.275 e. The molecule has 19 heteroatoms. The summed E-state index contributed by atoms with van der Waals surface area (Å²) in [6, 6.07) is 17.7. The van der Waals surface area contributed by atoms with Crippen LogP contribution < -0.4 is 29.7 Å². The van der Waals surface area contributed by atoms with E-state index in [1.165, 1.54) is 19.4 Å². The molecule has 0 spiro atoms. The fraction of sp³-hybridized carbons (Fsp3) is 0.420. The van der Waals surface area contributed by atoms with E-state index in [9.17, 15) is 23.4 Å². The Hall–Kier alpha value is -6.31. The molecule has 3 fully saturated rings. The minimum Gasteiger partial charge on any atom is -0.493 e. The lowest BCUT2D eigenvalue weighted by atomic mass is 9.74. The number of carbonyl (C=O) groups excluding carboxylic acids is 4. The van der Waals surface area contributed by atoms with Gasteiger partial charge in [0, 0.05) is 98.5 Å². The highest BCUT2D eigenvalue weighted by Gasteiger charge is 2.48. The standard InChI is InChI=1S/C50H56F3N7O8S/c1-6-67-42-23-31(9-14-40(42)66-4)39(28-69(5)65)60-46(62)34-13-10-32(24-35(34)47(60)63)58-19-21-59(22-20-58)43-16-18-57(29-50(43,52)53)27-30-7-11-33(12-8-30)68-41-26-38(55-3)36(25-37(41)51)45(54)49(2)17-15-44(61)56-48(49)64/h7-14,23-26,39,43,54-55H,6,15-22,27-29H2,1-5H3,(H,56,61,64). The highest BCUT2D eigenvalue weighted by molar-refractivity contribution is 7.84. The zero-order valence-electron chi connectivity index (χ0n) is 39.2. The molecule has 0 saturated carbocycles. The second kappa shape index (κ2) is 20.0. The zero-order valence-corrected chi connectivity index (χ0v) is 40.0. The molecular formula is C50H56F3N7O8S. The van der Waals surface area contributed by atoms with Crippen LogP contribution in [0.25, 0.3) is 0 Å². The normalized spacial score (nSPS) is 21.7. The van der Waals surface area contributed by atoms with E-state index in [1.807, 2.05) is 16.7 Å². The van der Waals surface area contributed by atoms with Crippen LogP contribution in [0.5, 0.6) is 23.0 Å². The molecule has 4 aliphatic rings. The van der Waals surface area contributed by atoms with E-state index in [-0.39, 0.29) is 59.7 Å². The van der Waals surface area contributed by atoms with Crippen molar-refractivity contribution >= 4 is 51.5 Å². The summed E-state index contributed by atoms with van der Waals surface area (Å²) in [7, 11) is 1.75. The molecule has 3 saturated heterocycles. The number of piperazine rings is 1. The average Bonchev–Trinajstić information content (AvgIpc) is 3.57. The van der Waals surface area contributed by atoms with Crippen molar-refractivity contribution in [1.29, 1.82) is 5.41 Å². The second-order valence-electron chi connectivity index (χ2n) is 18.0. The van der Waals surface area contributed by atoms with Crippen molar-refractivity contribution in [3.8, 4) is 23.0 Å². The monoisotopic (exact) mass is 971 g/mol. The number of imide groups is 2. The Bertz CT molecular complexity index is 2700. The van der Waals surface area contributed by atoms with Gasteiger partial charge in [-0.05, 0) is 86.3 Å². The van der Waals surface area contributed by atoms with E-state index in [0.717, 1.165) is 16.5 Å². The Morgan fingerprint density at radius 2 is 1.65 bits per heavy atom. The summed E-state index contributed by atoms with van der Waals surface area (Å²) in [6.07, 6.45) is 1.96. The van der Waals surface area contributed by atoms with Gasteiger partial charge in [0.1, 0.15) is 5.75 Å². The summed E-state index contributed by atoms with van der Waals surface area (Å²) < 4.78 is 77.1. The molecular weight excluding hydrogens is 916 g/mol. The minimum atomic E-state index is -3.00. The maximum Gasteiger partial charge on any atom is 0.275 e. The number of hydrogen-bond acceptors (Lipinski definition) is 13. The molecule has 4 aromatic rings. The zero-order chi connectivity index (χ0) is 49.4. The molecule has 0 bridgehead atoms. The largest absolute Gasteiger partial charge is 0.493 e. The van der Waals surface area contributed by atoms with Gasteiger partial charge in [-0.1, -0.05) is 18.2 Å². The van der Waals surface area contributed by atoms with E-state index in [0.29, 0.717) is 73.5 Å². The number of ether oxygens (including phenoxy) is 3. The number of alkyl halides is 2. The molecule has 0 aliphatic carbocycles. The molecule has 4 aliphatic heterocycles. The summed E-state index contributed by atoms with van der Waals surface area (Å²) in [4.78, 5) is 59.1. The number of halogens is 3. The molecule has 69 heavy (non-hydrogen) atoms. The quantitative estimate of drug-likeness (QED) is 0.0810. The van der Waals surface area contributed by atoms with Gasteiger partial charge in [0.25, 0.3) is 17.7 Å². The van der Waals surface area contributed by atoms with E-state index in [2.05, 4.69) is 10.6 Å². The Balaban J connectivity index is 0.860. The van der Waals surface area contributed by atoms with Crippen molar-refractivity contribution in [2.45, 2.75) is 57.7 Å². The van der Waals surface area contributed by atoms with Crippen molar-refractivity contribution in [2.75, 3.05) is 82.3 Å². The Morgan fingerprint density at radius 3 is 2.30 bits per heavy atom. The van der Waals surface area contributed by atoms with Crippen molar-refractivity contribution in [2.24, 2.45) is 5.41 Å². The third kappa shape index (κ3) is 9.94. The molecule has 15 nitrogen and oxygen atoms in total. The van der Waals surface area contributed by atoms with Crippen LogP contribution in [0.3, 0.4) is 0 Å². The number of methoxy groups -OCH3 is 1. The number of carbonyl (C=O) groups is 4. The Kier molecular flexibility index (Phi) is 14.2. The number of amides is 4. The van der Waals surface area contributed by atoms with E-state index < -0.39 is 70.2 Å². The molecule has 4 heterocycles. The molecule has 3 N–H and O–H groups in total. The van der Waals surface area contributed by atoms with Gasteiger partial charge in [-0.25, -0.2) is 13.2 Å². The number of fused-ring (bicyclic) bond motifs is 1. The van der Waals surface area contributed by atoms with Crippen LogP contribution in [0, 0.1) is 16.6 Å². The van der Waals surface area contributed by atoms with Crippen LogP contribution in [0.1, 0.15) is 76.6 Å². The highest BCUT2D eigenvalue weighted by atomic mass is 32.2. The van der Waals surface area contributed by atoms with Crippen LogP contribution in [-0.2, 0) is 26.9 Å². The van der Waals surface area contributed by atoms with Crippen molar-refractivity contribution in [3.63, 3.8) is 0 Å². The van der Waals surface area contributed by atoms with Gasteiger partial charge in [-0.3, -0.25) is 43.4 Å². The summed E-state index contributed by atoms with van der Waals surface area (Å²) in [5.41, 5.74) is 1.59. The number of benzene rings is 4. The van der Waals surface area contributed by atoms with Gasteiger partial charge < -0.3 is 29.8 Å². The first-order valence-electron chi connectivity index (χ1n) is 22.9. The average molecular weight is 972 g/mol.